The van der Waals surface area contributed by atoms with Crippen LogP contribution >= 0.6 is 22.7 Å². The molecule has 0 radical (unpaired) electrons. The quantitative estimate of drug-likeness (QED) is 0.781. The zero-order chi connectivity index (χ0) is 15.5. The Morgan fingerprint density at radius 3 is 2.86 bits per heavy atom. The Morgan fingerprint density at radius 2 is 2.27 bits per heavy atom. The number of aryl methyl sites for hydroxylation is 2. The first-order valence-electron chi connectivity index (χ1n) is 6.85. The number of aromatic nitrogens is 3. The molecule has 0 fully saturated rings. The predicted molar refractivity (Wildman–Crippen MR) is 88.3 cm³/mol. The molecule has 0 bridgehead atoms. The summed E-state index contributed by atoms with van der Waals surface area (Å²) in [6, 6.07) is 3.66. The third kappa shape index (κ3) is 3.26. The van der Waals surface area contributed by atoms with E-state index in [-0.39, 0.29) is 11.9 Å². The van der Waals surface area contributed by atoms with E-state index >= 15 is 0 Å². The van der Waals surface area contributed by atoms with Crippen molar-refractivity contribution >= 4 is 28.6 Å². The monoisotopic (exact) mass is 332 g/mol. The molecular weight excluding hydrogens is 316 g/mol. The minimum absolute atomic E-state index is 0.129. The molecular formula is C15H16N4OS2. The molecule has 114 valence electrons. The van der Waals surface area contributed by atoms with Crippen LogP contribution < -0.4 is 5.32 Å². The van der Waals surface area contributed by atoms with Crippen molar-refractivity contribution in [3.63, 3.8) is 0 Å². The molecule has 0 unspecified atom stereocenters. The molecule has 3 aromatic rings. The third-order valence-corrected chi connectivity index (χ3v) is 5.12. The van der Waals surface area contributed by atoms with Crippen LogP contribution in [-0.4, -0.2) is 20.7 Å². The van der Waals surface area contributed by atoms with Crippen molar-refractivity contribution in [2.24, 2.45) is 7.05 Å². The van der Waals surface area contributed by atoms with Gasteiger partial charge in [-0.15, -0.1) is 11.3 Å². The molecule has 1 atom stereocenters. The van der Waals surface area contributed by atoms with Crippen molar-refractivity contribution in [3.05, 3.63) is 56.4 Å². The number of carbonyl (C=O) groups excluding carboxylic acids is 1. The van der Waals surface area contributed by atoms with Gasteiger partial charge in [0.15, 0.2) is 0 Å². The van der Waals surface area contributed by atoms with E-state index in [0.29, 0.717) is 5.69 Å². The Labute approximate surface area is 136 Å². The second kappa shape index (κ2) is 6.41. The van der Waals surface area contributed by atoms with E-state index in [9.17, 15) is 4.79 Å². The second-order valence-electron chi connectivity index (χ2n) is 5.03. The summed E-state index contributed by atoms with van der Waals surface area (Å²) >= 11 is 3.24. The van der Waals surface area contributed by atoms with Crippen LogP contribution in [0.15, 0.2) is 34.5 Å². The lowest BCUT2D eigenvalue weighted by Gasteiger charge is -2.16. The number of nitrogens with zero attached hydrogens (tertiary/aromatic N) is 3. The van der Waals surface area contributed by atoms with Crippen molar-refractivity contribution in [2.75, 3.05) is 0 Å². The summed E-state index contributed by atoms with van der Waals surface area (Å²) in [6.45, 7) is 1.96. The molecule has 3 heterocycles. The molecule has 1 N–H and O–H groups in total. The molecule has 1 amide bonds. The number of amides is 1. The van der Waals surface area contributed by atoms with Crippen molar-refractivity contribution in [2.45, 2.75) is 19.4 Å². The topological polar surface area (TPSA) is 59.8 Å². The zero-order valence-electron chi connectivity index (χ0n) is 12.3. The fourth-order valence-electron chi connectivity index (χ4n) is 2.21. The molecule has 0 aromatic carbocycles. The van der Waals surface area contributed by atoms with Crippen LogP contribution in [0, 0.1) is 6.92 Å². The van der Waals surface area contributed by atoms with Crippen molar-refractivity contribution in [1.82, 2.24) is 20.1 Å². The predicted octanol–water partition coefficient (Wildman–Crippen LogP) is 2.96. The van der Waals surface area contributed by atoms with E-state index in [1.165, 1.54) is 5.56 Å². The van der Waals surface area contributed by atoms with Crippen molar-refractivity contribution in [3.8, 4) is 0 Å². The normalized spacial score (nSPS) is 12.3. The SMILES string of the molecule is Cc1csc([C@H](Cc2ccsc2)NC(=O)c2ccnn2C)n1. The maximum Gasteiger partial charge on any atom is 0.270 e. The van der Waals surface area contributed by atoms with Crippen LogP contribution in [0.3, 0.4) is 0 Å². The van der Waals surface area contributed by atoms with E-state index in [4.69, 9.17) is 0 Å². The largest absolute Gasteiger partial charge is 0.341 e. The summed E-state index contributed by atoms with van der Waals surface area (Å²) in [4.78, 5) is 17.0. The fraction of sp³-hybridized carbons (Fsp3) is 0.267. The first-order chi connectivity index (χ1) is 10.6. The molecule has 0 aliphatic heterocycles. The molecule has 0 saturated carbocycles. The standard InChI is InChI=1S/C15H16N4OS2/c1-10-8-22-15(17-10)12(7-11-4-6-21-9-11)18-14(20)13-3-5-16-19(13)2/h3-6,8-9,12H,7H2,1-2H3,(H,18,20)/t12-/m0/s1. The van der Waals surface area contributed by atoms with Crippen LogP contribution in [0.25, 0.3) is 0 Å². The number of thiazole rings is 1. The molecule has 3 aromatic heterocycles. The zero-order valence-corrected chi connectivity index (χ0v) is 13.9. The first kappa shape index (κ1) is 14.9. The van der Waals surface area contributed by atoms with E-state index < -0.39 is 0 Å². The lowest BCUT2D eigenvalue weighted by Crippen LogP contribution is -2.31. The molecule has 0 aliphatic carbocycles. The first-order valence-corrected chi connectivity index (χ1v) is 8.67. The Hall–Kier alpha value is -1.99. The van der Waals surface area contributed by atoms with Gasteiger partial charge >= 0.3 is 0 Å². The lowest BCUT2D eigenvalue weighted by atomic mass is 10.1. The van der Waals surface area contributed by atoms with Gasteiger partial charge in [-0.3, -0.25) is 9.48 Å². The van der Waals surface area contributed by atoms with Gasteiger partial charge in [0.25, 0.3) is 5.91 Å². The van der Waals surface area contributed by atoms with Crippen LogP contribution in [0.5, 0.6) is 0 Å². The van der Waals surface area contributed by atoms with E-state index in [2.05, 4.69) is 26.8 Å². The average Bonchev–Trinajstić information content (AvgIpc) is 3.20. The molecule has 3 rings (SSSR count). The minimum atomic E-state index is -0.131. The van der Waals surface area contributed by atoms with Gasteiger partial charge in [0.2, 0.25) is 0 Å². The Bertz CT molecular complexity index is 760. The van der Waals surface area contributed by atoms with Crippen LogP contribution in [-0.2, 0) is 13.5 Å². The van der Waals surface area contributed by atoms with Crippen LogP contribution in [0.1, 0.15) is 32.8 Å². The van der Waals surface area contributed by atoms with E-state index in [1.54, 1.807) is 46.7 Å². The number of rotatable bonds is 5. The molecule has 0 saturated heterocycles. The number of thiophene rings is 1. The highest BCUT2D eigenvalue weighted by Gasteiger charge is 2.20. The average molecular weight is 332 g/mol. The maximum atomic E-state index is 12.5. The van der Waals surface area contributed by atoms with Gasteiger partial charge in [0.05, 0.1) is 6.04 Å². The number of carbonyl (C=O) groups is 1. The Morgan fingerprint density at radius 1 is 1.41 bits per heavy atom. The second-order valence-corrected chi connectivity index (χ2v) is 6.70. The number of nitrogens with one attached hydrogen (secondary N) is 1. The lowest BCUT2D eigenvalue weighted by molar-refractivity contribution is 0.0927. The van der Waals surface area contributed by atoms with Crippen LogP contribution in [0.2, 0.25) is 0 Å². The van der Waals surface area contributed by atoms with Crippen molar-refractivity contribution < 1.29 is 4.79 Å². The van der Waals surface area contributed by atoms with Gasteiger partial charge < -0.3 is 5.32 Å². The Balaban J connectivity index is 1.82. The highest BCUT2D eigenvalue weighted by Crippen LogP contribution is 2.23. The van der Waals surface area contributed by atoms with Gasteiger partial charge in [-0.2, -0.15) is 16.4 Å². The third-order valence-electron chi connectivity index (χ3n) is 3.31. The van der Waals surface area contributed by atoms with Gasteiger partial charge in [0.1, 0.15) is 10.7 Å². The summed E-state index contributed by atoms with van der Waals surface area (Å²) in [5, 5.41) is 14.2. The highest BCUT2D eigenvalue weighted by molar-refractivity contribution is 7.09. The van der Waals surface area contributed by atoms with E-state index in [1.807, 2.05) is 17.7 Å². The fourth-order valence-corrected chi connectivity index (χ4v) is 3.73. The van der Waals surface area contributed by atoms with Gasteiger partial charge in [-0.05, 0) is 35.4 Å². The summed E-state index contributed by atoms with van der Waals surface area (Å²) in [5.41, 5.74) is 2.72. The number of hydrogen-bond donors (Lipinski definition) is 1. The summed E-state index contributed by atoms with van der Waals surface area (Å²) in [5.74, 6) is -0.131. The van der Waals surface area contributed by atoms with Crippen LogP contribution in [0.4, 0.5) is 0 Å². The maximum absolute atomic E-state index is 12.5. The van der Waals surface area contributed by atoms with Gasteiger partial charge in [-0.25, -0.2) is 4.98 Å². The van der Waals surface area contributed by atoms with Crippen molar-refractivity contribution in [1.29, 1.82) is 0 Å². The summed E-state index contributed by atoms with van der Waals surface area (Å²) in [6.07, 6.45) is 2.36. The van der Waals surface area contributed by atoms with Gasteiger partial charge in [0, 0.05) is 30.7 Å². The molecule has 7 heteroatoms. The molecule has 22 heavy (non-hydrogen) atoms. The molecule has 0 spiro atoms. The smallest absolute Gasteiger partial charge is 0.270 e. The highest BCUT2D eigenvalue weighted by atomic mass is 32.1. The summed E-state index contributed by atoms with van der Waals surface area (Å²) < 4.78 is 1.57. The Kier molecular flexibility index (Phi) is 4.35. The molecule has 5 nitrogen and oxygen atoms in total. The number of hydrogen-bond acceptors (Lipinski definition) is 5. The minimum Gasteiger partial charge on any atom is -0.341 e. The van der Waals surface area contributed by atoms with Gasteiger partial charge in [-0.1, -0.05) is 0 Å². The molecule has 0 aliphatic rings. The van der Waals surface area contributed by atoms with E-state index in [0.717, 1.165) is 17.1 Å². The summed E-state index contributed by atoms with van der Waals surface area (Å²) in [7, 11) is 1.76.